The summed E-state index contributed by atoms with van der Waals surface area (Å²) in [5, 5.41) is 5.72. The van der Waals surface area contributed by atoms with Crippen molar-refractivity contribution in [1.29, 1.82) is 0 Å². The van der Waals surface area contributed by atoms with Gasteiger partial charge in [-0.25, -0.2) is 4.79 Å². The number of nitrogens with zero attached hydrogens (tertiary/aromatic N) is 2. The molecular formula is C27H32N4O3. The first-order valence-electron chi connectivity index (χ1n) is 11.6. The van der Waals surface area contributed by atoms with Crippen molar-refractivity contribution in [1.82, 2.24) is 4.90 Å². The van der Waals surface area contributed by atoms with Crippen LogP contribution in [-0.4, -0.2) is 49.1 Å². The van der Waals surface area contributed by atoms with E-state index >= 15 is 0 Å². The Hall–Kier alpha value is -3.74. The maximum atomic E-state index is 12.4. The van der Waals surface area contributed by atoms with Crippen LogP contribution < -0.4 is 20.3 Å². The van der Waals surface area contributed by atoms with E-state index in [9.17, 15) is 9.59 Å². The lowest BCUT2D eigenvalue weighted by Gasteiger charge is -2.24. The third-order valence-corrected chi connectivity index (χ3v) is 6.33. The second-order valence-corrected chi connectivity index (χ2v) is 8.93. The molecule has 0 radical (unpaired) electrons. The van der Waals surface area contributed by atoms with Gasteiger partial charge in [-0.05, 0) is 68.0 Å². The molecule has 1 heterocycles. The molecule has 2 aliphatic rings. The highest BCUT2D eigenvalue weighted by Gasteiger charge is 2.27. The van der Waals surface area contributed by atoms with Crippen molar-refractivity contribution in [2.24, 2.45) is 0 Å². The summed E-state index contributed by atoms with van der Waals surface area (Å²) in [5.41, 5.74) is 3.78. The molecule has 34 heavy (non-hydrogen) atoms. The molecule has 1 aliphatic carbocycles. The molecule has 2 atom stereocenters. The zero-order valence-corrected chi connectivity index (χ0v) is 20.0. The third-order valence-electron chi connectivity index (χ3n) is 6.33. The summed E-state index contributed by atoms with van der Waals surface area (Å²) < 4.78 is 5.99. The quantitative estimate of drug-likeness (QED) is 0.633. The molecule has 4 rings (SSSR count). The summed E-state index contributed by atoms with van der Waals surface area (Å²) in [6.45, 7) is 5.42. The molecular weight excluding hydrogens is 428 g/mol. The van der Waals surface area contributed by atoms with Gasteiger partial charge >= 0.3 is 6.03 Å². The van der Waals surface area contributed by atoms with E-state index in [4.69, 9.17) is 4.74 Å². The van der Waals surface area contributed by atoms with E-state index in [0.29, 0.717) is 11.4 Å². The summed E-state index contributed by atoms with van der Waals surface area (Å²) in [6, 6.07) is 15.1. The summed E-state index contributed by atoms with van der Waals surface area (Å²) in [6.07, 6.45) is 8.03. The number of likely N-dealkylation sites (N-methyl/N-ethyl adjacent to an activating group) is 1. The van der Waals surface area contributed by atoms with E-state index in [0.717, 1.165) is 37.4 Å². The van der Waals surface area contributed by atoms with Gasteiger partial charge in [-0.1, -0.05) is 17.7 Å². The highest BCUT2D eigenvalue weighted by molar-refractivity contribution is 5.99. The Labute approximate surface area is 201 Å². The fraction of sp³-hybridized carbons (Fsp3) is 0.333. The number of anilines is 3. The summed E-state index contributed by atoms with van der Waals surface area (Å²) in [4.78, 5) is 28.1. The lowest BCUT2D eigenvalue weighted by molar-refractivity contribution is -0.129. The molecule has 1 saturated heterocycles. The Bertz CT molecular complexity index is 1080. The van der Waals surface area contributed by atoms with Crippen LogP contribution in [0.15, 0.2) is 72.3 Å². The first kappa shape index (κ1) is 23.4. The molecule has 0 bridgehead atoms. The number of benzene rings is 2. The van der Waals surface area contributed by atoms with Crippen molar-refractivity contribution >= 4 is 29.0 Å². The Morgan fingerprint density at radius 1 is 1.03 bits per heavy atom. The molecule has 1 fully saturated rings. The van der Waals surface area contributed by atoms with Gasteiger partial charge in [0.2, 0.25) is 5.91 Å². The highest BCUT2D eigenvalue weighted by Crippen LogP contribution is 2.25. The number of carbonyl (C=O) groups excluding carboxylic acids is 2. The van der Waals surface area contributed by atoms with Crippen molar-refractivity contribution < 1.29 is 14.3 Å². The van der Waals surface area contributed by atoms with Crippen LogP contribution in [0.2, 0.25) is 0 Å². The largest absolute Gasteiger partial charge is 0.486 e. The maximum Gasteiger partial charge on any atom is 0.323 e. The van der Waals surface area contributed by atoms with E-state index < -0.39 is 0 Å². The molecule has 7 heteroatoms. The standard InChI is InChI=1S/C27H32N4O3/c1-19-5-4-6-26(17-19)34-25-13-9-22(10-14-25)29-27(33)28-21-7-11-23(12-8-21)31-16-15-24(18-31)30(3)20(2)32/h4-14,24,26H,15-18H2,1-3H3,(H2,28,29,33). The number of allylic oxidation sites excluding steroid dienone is 2. The zero-order chi connectivity index (χ0) is 24.1. The monoisotopic (exact) mass is 460 g/mol. The van der Waals surface area contributed by atoms with Crippen LogP contribution in [0.5, 0.6) is 5.75 Å². The second kappa shape index (κ2) is 10.5. The number of urea groups is 1. The average molecular weight is 461 g/mol. The normalized spacial score (nSPS) is 19.4. The van der Waals surface area contributed by atoms with E-state index in [1.807, 2.05) is 72.6 Å². The van der Waals surface area contributed by atoms with Crippen LogP contribution in [0, 0.1) is 0 Å². The topological polar surface area (TPSA) is 73.9 Å². The molecule has 2 aromatic rings. The number of hydrogen-bond donors (Lipinski definition) is 2. The number of amides is 3. The molecule has 2 N–H and O–H groups in total. The predicted octanol–water partition coefficient (Wildman–Crippen LogP) is 5.04. The van der Waals surface area contributed by atoms with Gasteiger partial charge in [-0.15, -0.1) is 0 Å². The molecule has 0 spiro atoms. The number of rotatable bonds is 6. The Morgan fingerprint density at radius 3 is 2.29 bits per heavy atom. The maximum absolute atomic E-state index is 12.4. The molecule has 3 amide bonds. The van der Waals surface area contributed by atoms with Gasteiger partial charge in [0.1, 0.15) is 11.9 Å². The van der Waals surface area contributed by atoms with Crippen molar-refractivity contribution in [3.8, 4) is 5.75 Å². The fourth-order valence-corrected chi connectivity index (χ4v) is 4.27. The lowest BCUT2D eigenvalue weighted by atomic mass is 10.0. The molecule has 7 nitrogen and oxygen atoms in total. The number of carbonyl (C=O) groups is 2. The minimum absolute atomic E-state index is 0.0385. The molecule has 2 aromatic carbocycles. The second-order valence-electron chi connectivity index (χ2n) is 8.93. The zero-order valence-electron chi connectivity index (χ0n) is 20.0. The molecule has 1 aliphatic heterocycles. The average Bonchev–Trinajstić information content (AvgIpc) is 3.30. The Balaban J connectivity index is 1.26. The van der Waals surface area contributed by atoms with Gasteiger partial charge in [0, 0.05) is 50.5 Å². The molecule has 0 saturated carbocycles. The van der Waals surface area contributed by atoms with Gasteiger partial charge in [0.15, 0.2) is 0 Å². The third kappa shape index (κ3) is 5.98. The SMILES string of the molecule is CC(=O)N(C)C1CCN(c2ccc(NC(=O)Nc3ccc(OC4C=CC=C(C)C4)cc3)cc2)C1. The highest BCUT2D eigenvalue weighted by atomic mass is 16.5. The van der Waals surface area contributed by atoms with Crippen molar-refractivity contribution in [2.45, 2.75) is 38.8 Å². The first-order valence-corrected chi connectivity index (χ1v) is 11.6. The summed E-state index contributed by atoms with van der Waals surface area (Å²) in [7, 11) is 1.86. The van der Waals surface area contributed by atoms with E-state index in [1.54, 1.807) is 6.92 Å². The smallest absolute Gasteiger partial charge is 0.323 e. The van der Waals surface area contributed by atoms with Crippen LogP contribution in [0.4, 0.5) is 21.9 Å². The van der Waals surface area contributed by atoms with Crippen LogP contribution in [0.3, 0.4) is 0 Å². The molecule has 0 aromatic heterocycles. The summed E-state index contributed by atoms with van der Waals surface area (Å²) >= 11 is 0. The Kier molecular flexibility index (Phi) is 7.21. The van der Waals surface area contributed by atoms with Gasteiger partial charge < -0.3 is 25.2 Å². The number of ether oxygens (including phenoxy) is 1. The van der Waals surface area contributed by atoms with E-state index in [-0.39, 0.29) is 24.1 Å². The minimum Gasteiger partial charge on any atom is -0.486 e. The van der Waals surface area contributed by atoms with Crippen LogP contribution >= 0.6 is 0 Å². The van der Waals surface area contributed by atoms with Gasteiger partial charge in [-0.3, -0.25) is 4.79 Å². The number of nitrogens with one attached hydrogen (secondary N) is 2. The van der Waals surface area contributed by atoms with Crippen molar-refractivity contribution in [3.63, 3.8) is 0 Å². The number of hydrogen-bond acceptors (Lipinski definition) is 4. The van der Waals surface area contributed by atoms with Crippen LogP contribution in [-0.2, 0) is 4.79 Å². The van der Waals surface area contributed by atoms with Crippen molar-refractivity contribution in [2.75, 3.05) is 35.7 Å². The van der Waals surface area contributed by atoms with E-state index in [2.05, 4.69) is 28.5 Å². The minimum atomic E-state index is -0.304. The Morgan fingerprint density at radius 2 is 1.68 bits per heavy atom. The predicted molar refractivity (Wildman–Crippen MR) is 137 cm³/mol. The van der Waals surface area contributed by atoms with Crippen molar-refractivity contribution in [3.05, 3.63) is 72.3 Å². The van der Waals surface area contributed by atoms with Gasteiger partial charge in [-0.2, -0.15) is 0 Å². The van der Waals surface area contributed by atoms with E-state index in [1.165, 1.54) is 5.57 Å². The molecule has 2 unspecified atom stereocenters. The summed E-state index contributed by atoms with van der Waals surface area (Å²) in [5.74, 6) is 0.859. The van der Waals surface area contributed by atoms with Crippen LogP contribution in [0.1, 0.15) is 26.7 Å². The fourth-order valence-electron chi connectivity index (χ4n) is 4.27. The van der Waals surface area contributed by atoms with Gasteiger partial charge in [0.25, 0.3) is 0 Å². The van der Waals surface area contributed by atoms with Gasteiger partial charge in [0.05, 0.1) is 6.04 Å². The molecule has 178 valence electrons. The first-order chi connectivity index (χ1) is 16.4. The van der Waals surface area contributed by atoms with Crippen LogP contribution in [0.25, 0.3) is 0 Å². The lowest BCUT2D eigenvalue weighted by Crippen LogP contribution is -2.37.